The Bertz CT molecular complexity index is 258. The van der Waals surface area contributed by atoms with Gasteiger partial charge in [0.2, 0.25) is 0 Å². The number of quaternary nitrogens is 1. The van der Waals surface area contributed by atoms with Crippen molar-refractivity contribution in [2.45, 2.75) is 32.8 Å². The molecule has 0 fully saturated rings. The highest BCUT2D eigenvalue weighted by Gasteiger charge is 2.17. The first-order chi connectivity index (χ1) is 7.94. The molecule has 1 atom stereocenters. The van der Waals surface area contributed by atoms with Crippen molar-refractivity contribution in [2.75, 3.05) is 27.7 Å². The Balaban J connectivity index is 0. The third-order valence-electron chi connectivity index (χ3n) is 1.75. The summed E-state index contributed by atoms with van der Waals surface area (Å²) in [5, 5.41) is 25.6. The third-order valence-corrected chi connectivity index (χ3v) is 1.75. The van der Waals surface area contributed by atoms with E-state index in [1.165, 1.54) is 0 Å². The van der Waals surface area contributed by atoms with Crippen molar-refractivity contribution in [3.05, 3.63) is 0 Å². The van der Waals surface area contributed by atoms with Crippen molar-refractivity contribution in [3.8, 4) is 0 Å². The fourth-order valence-electron chi connectivity index (χ4n) is 1.25. The minimum Gasteiger partial charge on any atom is -0.481 e. The molecule has 0 saturated heterocycles. The van der Waals surface area contributed by atoms with Gasteiger partial charge in [-0.2, -0.15) is 0 Å². The first-order valence-electron chi connectivity index (χ1n) is 5.86. The Morgan fingerprint density at radius 1 is 1.00 bits per heavy atom. The Kier molecular flexibility index (Phi) is 9.47. The van der Waals surface area contributed by atoms with Crippen LogP contribution in [0.15, 0.2) is 0 Å². The smallest absolute Gasteiger partial charge is 0.306 e. The maximum atomic E-state index is 10.1. The Labute approximate surface area is 108 Å². The van der Waals surface area contributed by atoms with Crippen molar-refractivity contribution in [1.82, 2.24) is 0 Å². The highest BCUT2D eigenvalue weighted by Crippen LogP contribution is 1.98. The number of likely N-dealkylation sites (N-methyl/N-ethyl adjacent to an activating group) is 1. The minimum atomic E-state index is -0.953. The molecule has 0 amide bonds. The van der Waals surface area contributed by atoms with Crippen molar-refractivity contribution in [1.29, 1.82) is 0 Å². The number of carbonyl (C=O) groups is 2. The number of aliphatic hydroxyl groups is 1. The topological polar surface area (TPSA) is 94.8 Å². The first-order valence-corrected chi connectivity index (χ1v) is 5.86. The van der Waals surface area contributed by atoms with E-state index < -0.39 is 18.0 Å². The summed E-state index contributed by atoms with van der Waals surface area (Å²) >= 11 is 0. The number of aliphatic carboxylic acids is 2. The van der Waals surface area contributed by atoms with E-state index >= 15 is 0 Å². The van der Waals surface area contributed by atoms with Gasteiger partial charge in [0.1, 0.15) is 12.6 Å². The summed E-state index contributed by atoms with van der Waals surface area (Å²) in [5.41, 5.74) is 0. The molecule has 3 N–H and O–H groups in total. The number of nitrogens with zero attached hydrogens (tertiary/aromatic N) is 1. The summed E-state index contributed by atoms with van der Waals surface area (Å²) in [4.78, 5) is 19.9. The highest BCUT2D eigenvalue weighted by molar-refractivity contribution is 5.67. The highest BCUT2D eigenvalue weighted by atomic mass is 16.4. The molecule has 0 spiro atoms. The van der Waals surface area contributed by atoms with Crippen LogP contribution in [-0.4, -0.2) is 65.5 Å². The quantitative estimate of drug-likeness (QED) is 0.612. The standard InChI is InChI=1S/C7H15NO3.C5H10O2/c1-8(2,3)5-6(9)4-7(10)11;1-4(2)3-5(6)7/h6,9H,4-5H2,1-3H3;4H,3H2,1-2H3,(H,6,7)/p+1/t6-;/m0./s1. The van der Waals surface area contributed by atoms with E-state index in [1.807, 2.05) is 35.0 Å². The van der Waals surface area contributed by atoms with Crippen LogP contribution >= 0.6 is 0 Å². The van der Waals surface area contributed by atoms with E-state index in [1.54, 1.807) is 0 Å². The van der Waals surface area contributed by atoms with Crippen LogP contribution in [0.5, 0.6) is 0 Å². The number of hydrogen-bond acceptors (Lipinski definition) is 3. The van der Waals surface area contributed by atoms with E-state index in [0.717, 1.165) is 0 Å². The second kappa shape index (κ2) is 8.88. The number of aliphatic hydroxyl groups excluding tert-OH is 1. The SMILES string of the molecule is CC(C)CC(=O)O.C[N+](C)(C)C[C@@H](O)CC(=O)O. The van der Waals surface area contributed by atoms with Crippen LogP contribution in [-0.2, 0) is 9.59 Å². The summed E-state index contributed by atoms with van der Waals surface area (Å²) in [6.07, 6.45) is -0.636. The Morgan fingerprint density at radius 2 is 1.39 bits per heavy atom. The molecule has 0 aromatic heterocycles. The van der Waals surface area contributed by atoms with E-state index in [0.29, 0.717) is 11.0 Å². The van der Waals surface area contributed by atoms with Crippen LogP contribution in [0.2, 0.25) is 0 Å². The number of carboxylic acids is 2. The van der Waals surface area contributed by atoms with Crippen LogP contribution in [0.4, 0.5) is 0 Å². The molecule has 0 saturated carbocycles. The lowest BCUT2D eigenvalue weighted by molar-refractivity contribution is -0.873. The average Bonchev–Trinajstić information content (AvgIpc) is 1.94. The Morgan fingerprint density at radius 3 is 1.56 bits per heavy atom. The minimum absolute atomic E-state index is 0.171. The molecule has 0 aliphatic heterocycles. The van der Waals surface area contributed by atoms with E-state index in [9.17, 15) is 9.59 Å². The van der Waals surface area contributed by atoms with Gasteiger partial charge in [0.05, 0.1) is 27.6 Å². The van der Waals surface area contributed by atoms with Gasteiger partial charge in [0.25, 0.3) is 0 Å². The van der Waals surface area contributed by atoms with E-state index in [2.05, 4.69) is 0 Å². The lowest BCUT2D eigenvalue weighted by Gasteiger charge is -2.25. The zero-order valence-corrected chi connectivity index (χ0v) is 11.9. The van der Waals surface area contributed by atoms with Gasteiger partial charge < -0.3 is 19.8 Å². The number of hydrogen-bond donors (Lipinski definition) is 3. The maximum absolute atomic E-state index is 10.1. The van der Waals surface area contributed by atoms with Crippen LogP contribution in [0.25, 0.3) is 0 Å². The molecule has 6 heteroatoms. The van der Waals surface area contributed by atoms with Gasteiger partial charge in [0.15, 0.2) is 0 Å². The summed E-state index contributed by atoms with van der Waals surface area (Å²) in [7, 11) is 5.72. The summed E-state index contributed by atoms with van der Waals surface area (Å²) in [6, 6.07) is 0. The maximum Gasteiger partial charge on any atom is 0.306 e. The van der Waals surface area contributed by atoms with Crippen molar-refractivity contribution in [2.24, 2.45) is 5.92 Å². The van der Waals surface area contributed by atoms with Crippen molar-refractivity contribution >= 4 is 11.9 Å². The predicted octanol–water partition coefficient (Wildman–Crippen LogP) is 0.645. The fraction of sp³-hybridized carbons (Fsp3) is 0.833. The molecule has 0 bridgehead atoms. The monoisotopic (exact) mass is 264 g/mol. The third kappa shape index (κ3) is 20.3. The lowest BCUT2D eigenvalue weighted by atomic mass is 10.1. The zero-order chi connectivity index (χ0) is 14.9. The second-order valence-electron chi connectivity index (χ2n) is 5.72. The summed E-state index contributed by atoms with van der Waals surface area (Å²) in [6.45, 7) is 4.23. The fourth-order valence-corrected chi connectivity index (χ4v) is 1.25. The molecule has 0 rings (SSSR count). The van der Waals surface area contributed by atoms with Gasteiger partial charge in [-0.3, -0.25) is 9.59 Å². The largest absolute Gasteiger partial charge is 0.481 e. The molecule has 0 aromatic carbocycles. The molecule has 18 heavy (non-hydrogen) atoms. The molecule has 0 radical (unpaired) electrons. The molecule has 0 aromatic rings. The molecule has 6 nitrogen and oxygen atoms in total. The lowest BCUT2D eigenvalue weighted by Crippen LogP contribution is -2.42. The van der Waals surface area contributed by atoms with Crippen LogP contribution in [0, 0.1) is 5.92 Å². The average molecular weight is 264 g/mol. The second-order valence-corrected chi connectivity index (χ2v) is 5.72. The molecular weight excluding hydrogens is 238 g/mol. The molecule has 0 aliphatic rings. The molecule has 0 aliphatic carbocycles. The van der Waals surface area contributed by atoms with Gasteiger partial charge in [0, 0.05) is 6.42 Å². The molecule has 108 valence electrons. The van der Waals surface area contributed by atoms with Gasteiger partial charge in [-0.1, -0.05) is 13.8 Å². The summed E-state index contributed by atoms with van der Waals surface area (Å²) in [5.74, 6) is -1.39. The molecule has 0 heterocycles. The molecule has 0 unspecified atom stereocenters. The van der Waals surface area contributed by atoms with Crippen LogP contribution in [0.3, 0.4) is 0 Å². The predicted molar refractivity (Wildman–Crippen MR) is 68.2 cm³/mol. The van der Waals surface area contributed by atoms with E-state index in [4.69, 9.17) is 15.3 Å². The van der Waals surface area contributed by atoms with Crippen molar-refractivity contribution < 1.29 is 29.4 Å². The number of rotatable bonds is 6. The molecular formula is C12H26NO5+. The number of carboxylic acid groups (broad SMARTS) is 2. The normalized spacial score (nSPS) is 12.6. The van der Waals surface area contributed by atoms with Gasteiger partial charge >= 0.3 is 11.9 Å². The van der Waals surface area contributed by atoms with E-state index in [-0.39, 0.29) is 18.8 Å². The first kappa shape index (κ1) is 19.2. The zero-order valence-electron chi connectivity index (χ0n) is 11.9. The van der Waals surface area contributed by atoms with Gasteiger partial charge in [-0.15, -0.1) is 0 Å². The van der Waals surface area contributed by atoms with Gasteiger partial charge in [-0.05, 0) is 5.92 Å². The van der Waals surface area contributed by atoms with Crippen LogP contribution < -0.4 is 0 Å². The van der Waals surface area contributed by atoms with Crippen molar-refractivity contribution in [3.63, 3.8) is 0 Å². The van der Waals surface area contributed by atoms with Gasteiger partial charge in [-0.25, -0.2) is 0 Å². The van der Waals surface area contributed by atoms with Crippen LogP contribution in [0.1, 0.15) is 26.7 Å². The Hall–Kier alpha value is -1.14. The summed E-state index contributed by atoms with van der Waals surface area (Å²) < 4.78 is 0.578.